The first-order valence-corrected chi connectivity index (χ1v) is 10.6. The fourth-order valence-corrected chi connectivity index (χ4v) is 3.74. The molecular formula is C23H27N3O2S. The maximum atomic E-state index is 12.4. The zero-order valence-corrected chi connectivity index (χ0v) is 18.6. The number of benzene rings is 2. The topological polar surface area (TPSA) is 68.0 Å². The third-order valence-corrected chi connectivity index (χ3v) is 5.49. The number of nitrogens with zero attached hydrogens (tertiary/aromatic N) is 2. The second kappa shape index (κ2) is 8.41. The number of hydrogen-bond acceptors (Lipinski definition) is 5. The minimum Gasteiger partial charge on any atom is -0.411 e. The molecule has 6 heteroatoms. The molecule has 5 nitrogen and oxygen atoms in total. The Labute approximate surface area is 176 Å². The smallest absolute Gasteiger partial charge is 0.277 e. The van der Waals surface area contributed by atoms with Crippen molar-refractivity contribution in [2.24, 2.45) is 0 Å². The summed E-state index contributed by atoms with van der Waals surface area (Å²) in [6.07, 6.45) is 0. The van der Waals surface area contributed by atoms with Crippen molar-refractivity contribution < 1.29 is 9.21 Å². The molecule has 1 N–H and O–H groups in total. The molecule has 1 heterocycles. The Balaban J connectivity index is 1.61. The number of hydrogen-bond donors (Lipinski definition) is 1. The van der Waals surface area contributed by atoms with Crippen molar-refractivity contribution in [1.29, 1.82) is 0 Å². The van der Waals surface area contributed by atoms with Crippen LogP contribution in [0, 0.1) is 20.8 Å². The molecule has 0 radical (unpaired) electrons. The molecule has 29 heavy (non-hydrogen) atoms. The minimum absolute atomic E-state index is 0.0932. The summed E-state index contributed by atoms with van der Waals surface area (Å²) in [7, 11) is 0. The van der Waals surface area contributed by atoms with Gasteiger partial charge in [0.15, 0.2) is 0 Å². The lowest BCUT2D eigenvalue weighted by Crippen LogP contribution is -2.15. The molecule has 0 bridgehead atoms. The molecular weight excluding hydrogens is 382 g/mol. The van der Waals surface area contributed by atoms with Crippen LogP contribution < -0.4 is 5.32 Å². The largest absolute Gasteiger partial charge is 0.411 e. The highest BCUT2D eigenvalue weighted by molar-refractivity contribution is 7.99. The van der Waals surface area contributed by atoms with E-state index in [0.29, 0.717) is 11.1 Å². The van der Waals surface area contributed by atoms with Crippen molar-refractivity contribution in [3.8, 4) is 11.5 Å². The predicted molar refractivity (Wildman–Crippen MR) is 118 cm³/mol. The van der Waals surface area contributed by atoms with Crippen LogP contribution in [0.4, 0.5) is 5.69 Å². The van der Waals surface area contributed by atoms with Gasteiger partial charge in [0.2, 0.25) is 11.8 Å². The lowest BCUT2D eigenvalue weighted by atomic mass is 9.87. The quantitative estimate of drug-likeness (QED) is 0.548. The fourth-order valence-electron chi connectivity index (χ4n) is 3.18. The SMILES string of the molecule is Cc1cc(C)c(NC(=O)CSc2nnc(-c3ccc(C(C)(C)C)cc3)o2)c(C)c1. The van der Waals surface area contributed by atoms with E-state index >= 15 is 0 Å². The number of aryl methyl sites for hydroxylation is 3. The van der Waals surface area contributed by atoms with Crippen LogP contribution in [0.3, 0.4) is 0 Å². The summed E-state index contributed by atoms with van der Waals surface area (Å²) in [4.78, 5) is 12.4. The van der Waals surface area contributed by atoms with Gasteiger partial charge in [0.05, 0.1) is 5.75 Å². The van der Waals surface area contributed by atoms with Gasteiger partial charge in [-0.3, -0.25) is 4.79 Å². The average molecular weight is 410 g/mol. The van der Waals surface area contributed by atoms with Crippen molar-refractivity contribution in [2.45, 2.75) is 52.2 Å². The van der Waals surface area contributed by atoms with Crippen LogP contribution in [0.2, 0.25) is 0 Å². The van der Waals surface area contributed by atoms with Crippen LogP contribution >= 0.6 is 11.8 Å². The second-order valence-corrected chi connectivity index (χ2v) is 9.24. The average Bonchev–Trinajstić information content (AvgIpc) is 3.11. The summed E-state index contributed by atoms with van der Waals surface area (Å²) in [6, 6.07) is 12.2. The van der Waals surface area contributed by atoms with Crippen LogP contribution in [0.5, 0.6) is 0 Å². The van der Waals surface area contributed by atoms with Gasteiger partial charge >= 0.3 is 0 Å². The van der Waals surface area contributed by atoms with Gasteiger partial charge in [-0.05, 0) is 55.0 Å². The van der Waals surface area contributed by atoms with Crippen molar-refractivity contribution >= 4 is 23.4 Å². The van der Waals surface area contributed by atoms with Crippen LogP contribution in [-0.2, 0) is 10.2 Å². The lowest BCUT2D eigenvalue weighted by molar-refractivity contribution is -0.113. The number of anilines is 1. The van der Waals surface area contributed by atoms with Gasteiger partial charge in [-0.25, -0.2) is 0 Å². The fraction of sp³-hybridized carbons (Fsp3) is 0.348. The highest BCUT2D eigenvalue weighted by atomic mass is 32.2. The highest BCUT2D eigenvalue weighted by Crippen LogP contribution is 2.28. The highest BCUT2D eigenvalue weighted by Gasteiger charge is 2.16. The van der Waals surface area contributed by atoms with Crippen molar-refractivity contribution in [2.75, 3.05) is 11.1 Å². The maximum Gasteiger partial charge on any atom is 0.277 e. The predicted octanol–water partition coefficient (Wildman–Crippen LogP) is 5.69. The van der Waals surface area contributed by atoms with Crippen molar-refractivity contribution in [3.05, 3.63) is 58.7 Å². The van der Waals surface area contributed by atoms with Gasteiger partial charge in [0.25, 0.3) is 5.22 Å². The molecule has 0 aliphatic heterocycles. The first-order valence-electron chi connectivity index (χ1n) is 9.58. The van der Waals surface area contributed by atoms with Crippen LogP contribution in [0.25, 0.3) is 11.5 Å². The Morgan fingerprint density at radius 1 is 1.03 bits per heavy atom. The lowest BCUT2D eigenvalue weighted by Gasteiger charge is -2.18. The van der Waals surface area contributed by atoms with E-state index in [4.69, 9.17) is 4.42 Å². The normalized spacial score (nSPS) is 11.5. The molecule has 0 atom stereocenters. The molecule has 0 aliphatic carbocycles. The monoisotopic (exact) mass is 409 g/mol. The van der Waals surface area contributed by atoms with Gasteiger partial charge in [0.1, 0.15) is 0 Å². The van der Waals surface area contributed by atoms with E-state index < -0.39 is 0 Å². The molecule has 3 rings (SSSR count). The van der Waals surface area contributed by atoms with Crippen LogP contribution in [0.15, 0.2) is 46.0 Å². The Bertz CT molecular complexity index is 994. The third kappa shape index (κ3) is 5.26. The summed E-state index contributed by atoms with van der Waals surface area (Å²) in [6.45, 7) is 12.6. The molecule has 1 aromatic heterocycles. The molecule has 0 saturated carbocycles. The van der Waals surface area contributed by atoms with E-state index in [1.807, 2.05) is 32.9 Å². The summed E-state index contributed by atoms with van der Waals surface area (Å²) < 4.78 is 5.72. The summed E-state index contributed by atoms with van der Waals surface area (Å²) in [5.74, 6) is 0.565. The van der Waals surface area contributed by atoms with Gasteiger partial charge in [-0.2, -0.15) is 0 Å². The van der Waals surface area contributed by atoms with E-state index in [1.54, 1.807) is 0 Å². The number of thioether (sulfide) groups is 1. The Morgan fingerprint density at radius 2 is 1.66 bits per heavy atom. The number of rotatable bonds is 5. The number of carbonyl (C=O) groups is 1. The number of aromatic nitrogens is 2. The van der Waals surface area contributed by atoms with Gasteiger partial charge < -0.3 is 9.73 Å². The number of carbonyl (C=O) groups excluding carboxylic acids is 1. The van der Waals surface area contributed by atoms with E-state index in [9.17, 15) is 4.79 Å². The molecule has 152 valence electrons. The van der Waals surface area contributed by atoms with Crippen molar-refractivity contribution in [3.63, 3.8) is 0 Å². The first-order chi connectivity index (χ1) is 13.6. The standard InChI is InChI=1S/C23H27N3O2S/c1-14-11-15(2)20(16(3)12-14)24-19(27)13-29-22-26-25-21(28-22)17-7-9-18(10-8-17)23(4,5)6/h7-12H,13H2,1-6H3,(H,24,27). The Kier molecular flexibility index (Phi) is 6.13. The van der Waals surface area contributed by atoms with Crippen LogP contribution in [0.1, 0.15) is 43.0 Å². The molecule has 0 spiro atoms. The number of amides is 1. The maximum absolute atomic E-state index is 12.4. The number of nitrogens with one attached hydrogen (secondary N) is 1. The van der Waals surface area contributed by atoms with E-state index in [1.165, 1.54) is 22.9 Å². The second-order valence-electron chi connectivity index (χ2n) is 8.31. The summed E-state index contributed by atoms with van der Waals surface area (Å²) in [5.41, 5.74) is 6.36. The minimum atomic E-state index is -0.0978. The third-order valence-electron chi connectivity index (χ3n) is 4.67. The van der Waals surface area contributed by atoms with Crippen molar-refractivity contribution in [1.82, 2.24) is 10.2 Å². The Hall–Kier alpha value is -2.60. The van der Waals surface area contributed by atoms with E-state index in [2.05, 4.69) is 60.6 Å². The Morgan fingerprint density at radius 3 is 2.24 bits per heavy atom. The molecule has 3 aromatic rings. The van der Waals surface area contributed by atoms with E-state index in [0.717, 1.165) is 22.4 Å². The molecule has 0 aliphatic rings. The van der Waals surface area contributed by atoms with Crippen LogP contribution in [-0.4, -0.2) is 21.9 Å². The van der Waals surface area contributed by atoms with Gasteiger partial charge in [0, 0.05) is 11.3 Å². The summed E-state index contributed by atoms with van der Waals surface area (Å²) in [5, 5.41) is 11.5. The molecule has 1 amide bonds. The first kappa shape index (κ1) is 21.1. The van der Waals surface area contributed by atoms with Gasteiger partial charge in [-0.15, -0.1) is 10.2 Å². The summed E-state index contributed by atoms with van der Waals surface area (Å²) >= 11 is 1.23. The molecule has 0 saturated heterocycles. The molecule has 0 unspecified atom stereocenters. The molecule has 0 fully saturated rings. The van der Waals surface area contributed by atoms with E-state index in [-0.39, 0.29) is 17.1 Å². The zero-order valence-electron chi connectivity index (χ0n) is 17.8. The molecule has 2 aromatic carbocycles. The zero-order chi connectivity index (χ0) is 21.2. The van der Waals surface area contributed by atoms with Gasteiger partial charge in [-0.1, -0.05) is 62.4 Å².